The molecule has 6 heteroatoms. The van der Waals surface area contributed by atoms with Crippen molar-refractivity contribution in [3.05, 3.63) is 47.7 Å². The largest absolute Gasteiger partial charge is 0.467 e. The van der Waals surface area contributed by atoms with Crippen LogP contribution in [0.4, 0.5) is 0 Å². The van der Waals surface area contributed by atoms with E-state index < -0.39 is 5.97 Å². The van der Waals surface area contributed by atoms with Crippen LogP contribution in [0.25, 0.3) is 0 Å². The number of carbonyl (C=O) groups is 3. The third-order valence-electron chi connectivity index (χ3n) is 4.65. The first-order valence-electron chi connectivity index (χ1n) is 9.79. The zero-order valence-electron chi connectivity index (χ0n) is 16.5. The van der Waals surface area contributed by atoms with Gasteiger partial charge in [0.2, 0.25) is 5.91 Å². The van der Waals surface area contributed by atoms with E-state index in [0.29, 0.717) is 32.4 Å². The third kappa shape index (κ3) is 7.64. The molecule has 0 bridgehead atoms. The minimum atomic E-state index is -0.392. The topological polar surface area (TPSA) is 72.9 Å². The highest BCUT2D eigenvalue weighted by molar-refractivity contribution is 5.83. The maximum atomic E-state index is 12.3. The minimum absolute atomic E-state index is 0.0478. The summed E-state index contributed by atoms with van der Waals surface area (Å²) in [6.07, 6.45) is 6.40. The number of ketones is 1. The Morgan fingerprint density at radius 1 is 1.14 bits per heavy atom. The standard InChI is InChI=1S/C22H29NO5/c1-27-22(26)17-28-15-6-5-14-23-19(10-7-11-21(23)25)12-13-20(24)16-18-8-3-2-4-9-18/h2-4,8-9,12H,5-7,10-11,13-17H2,1H3. The summed E-state index contributed by atoms with van der Waals surface area (Å²) in [4.78, 5) is 37.3. The van der Waals surface area contributed by atoms with E-state index in [1.165, 1.54) is 7.11 Å². The number of likely N-dealkylation sites (tertiary alicyclic amines) is 1. The van der Waals surface area contributed by atoms with E-state index in [4.69, 9.17) is 4.74 Å². The lowest BCUT2D eigenvalue weighted by molar-refractivity contribution is -0.145. The monoisotopic (exact) mass is 387 g/mol. The van der Waals surface area contributed by atoms with E-state index in [1.807, 2.05) is 36.4 Å². The van der Waals surface area contributed by atoms with Crippen molar-refractivity contribution >= 4 is 17.7 Å². The quantitative estimate of drug-likeness (QED) is 0.431. The second kappa shape index (κ2) is 12.1. The van der Waals surface area contributed by atoms with Crippen LogP contribution < -0.4 is 0 Å². The van der Waals surface area contributed by atoms with Gasteiger partial charge in [0.1, 0.15) is 12.4 Å². The lowest BCUT2D eigenvalue weighted by Gasteiger charge is -2.30. The molecule has 0 radical (unpaired) electrons. The molecule has 2 rings (SSSR count). The number of hydrogen-bond acceptors (Lipinski definition) is 5. The van der Waals surface area contributed by atoms with Crippen molar-refractivity contribution in [3.8, 4) is 0 Å². The molecule has 1 heterocycles. The molecule has 1 aliphatic rings. The first-order valence-corrected chi connectivity index (χ1v) is 9.79. The molecule has 0 N–H and O–H groups in total. The Morgan fingerprint density at radius 2 is 1.93 bits per heavy atom. The SMILES string of the molecule is COC(=O)COCCCCN1C(=O)CCCC1=CCC(=O)Cc1ccccc1. The Morgan fingerprint density at radius 3 is 2.68 bits per heavy atom. The molecule has 28 heavy (non-hydrogen) atoms. The van der Waals surface area contributed by atoms with E-state index in [9.17, 15) is 14.4 Å². The number of methoxy groups -OCH3 is 1. The molecule has 6 nitrogen and oxygen atoms in total. The molecule has 0 atom stereocenters. The van der Waals surface area contributed by atoms with Crippen LogP contribution in [0.3, 0.4) is 0 Å². The minimum Gasteiger partial charge on any atom is -0.467 e. The van der Waals surface area contributed by atoms with Gasteiger partial charge in [-0.3, -0.25) is 9.59 Å². The van der Waals surface area contributed by atoms with E-state index in [-0.39, 0.29) is 18.3 Å². The molecule has 0 saturated carbocycles. The lowest BCUT2D eigenvalue weighted by atomic mass is 10.0. The number of unbranched alkanes of at least 4 members (excludes halogenated alkanes) is 1. The molecule has 152 valence electrons. The van der Waals surface area contributed by atoms with Crippen LogP contribution in [0.2, 0.25) is 0 Å². The number of piperidine rings is 1. The summed E-state index contributed by atoms with van der Waals surface area (Å²) in [7, 11) is 1.33. The van der Waals surface area contributed by atoms with Gasteiger partial charge in [0.15, 0.2) is 0 Å². The van der Waals surface area contributed by atoms with Gasteiger partial charge in [-0.25, -0.2) is 4.79 Å². The van der Waals surface area contributed by atoms with Crippen molar-refractivity contribution in [2.24, 2.45) is 0 Å². The van der Waals surface area contributed by atoms with Crippen LogP contribution >= 0.6 is 0 Å². The summed E-state index contributed by atoms with van der Waals surface area (Å²) in [5, 5.41) is 0. The number of allylic oxidation sites excluding steroid dienone is 2. The predicted molar refractivity (Wildman–Crippen MR) is 105 cm³/mol. The van der Waals surface area contributed by atoms with Crippen LogP contribution in [0, 0.1) is 0 Å². The second-order valence-corrected chi connectivity index (χ2v) is 6.84. The molecular formula is C22H29NO5. The van der Waals surface area contributed by atoms with Crippen molar-refractivity contribution in [1.29, 1.82) is 0 Å². The molecule has 0 unspecified atom stereocenters. The van der Waals surface area contributed by atoms with Gasteiger partial charge in [-0.1, -0.05) is 36.4 Å². The van der Waals surface area contributed by atoms with Crippen LogP contribution in [-0.4, -0.2) is 49.4 Å². The Kier molecular flexibility index (Phi) is 9.42. The maximum absolute atomic E-state index is 12.3. The average molecular weight is 387 g/mol. The number of ether oxygens (including phenoxy) is 2. The summed E-state index contributed by atoms with van der Waals surface area (Å²) < 4.78 is 9.74. The van der Waals surface area contributed by atoms with E-state index >= 15 is 0 Å². The van der Waals surface area contributed by atoms with Crippen molar-refractivity contribution in [3.63, 3.8) is 0 Å². The Hall–Kier alpha value is -2.47. The number of carbonyl (C=O) groups excluding carboxylic acids is 3. The number of benzene rings is 1. The molecule has 1 aliphatic heterocycles. The third-order valence-corrected chi connectivity index (χ3v) is 4.65. The second-order valence-electron chi connectivity index (χ2n) is 6.84. The summed E-state index contributed by atoms with van der Waals surface area (Å²) in [5.41, 5.74) is 1.96. The van der Waals surface area contributed by atoms with Crippen molar-refractivity contribution < 1.29 is 23.9 Å². The Balaban J connectivity index is 1.78. The number of esters is 1. The van der Waals surface area contributed by atoms with Gasteiger partial charge in [-0.15, -0.1) is 0 Å². The fraction of sp³-hybridized carbons (Fsp3) is 0.500. The first kappa shape index (κ1) is 21.8. The number of rotatable bonds is 11. The number of hydrogen-bond donors (Lipinski definition) is 0. The Bertz CT molecular complexity index is 683. The molecule has 1 aromatic rings. The van der Waals surface area contributed by atoms with Crippen molar-refractivity contribution in [2.75, 3.05) is 26.9 Å². The van der Waals surface area contributed by atoms with Crippen LogP contribution in [0.15, 0.2) is 42.1 Å². The highest BCUT2D eigenvalue weighted by atomic mass is 16.6. The Labute approximate surface area is 166 Å². The lowest BCUT2D eigenvalue weighted by Crippen LogP contribution is -2.34. The van der Waals surface area contributed by atoms with Gasteiger partial charge in [-0.05, 0) is 31.2 Å². The zero-order chi connectivity index (χ0) is 20.2. The van der Waals surface area contributed by atoms with Crippen molar-refractivity contribution in [2.45, 2.75) is 44.9 Å². The van der Waals surface area contributed by atoms with Gasteiger partial charge in [0.25, 0.3) is 0 Å². The summed E-state index contributed by atoms with van der Waals surface area (Å²) in [6.45, 7) is 1.01. The summed E-state index contributed by atoms with van der Waals surface area (Å²) >= 11 is 0. The number of amides is 1. The number of Topliss-reactive ketones (excluding diaryl/α,β-unsaturated/α-hetero) is 1. The van der Waals surface area contributed by atoms with E-state index in [1.54, 1.807) is 4.90 Å². The highest BCUT2D eigenvalue weighted by Gasteiger charge is 2.22. The molecule has 0 aliphatic carbocycles. The first-order chi connectivity index (χ1) is 13.6. The van der Waals surface area contributed by atoms with Gasteiger partial charge in [-0.2, -0.15) is 0 Å². The van der Waals surface area contributed by atoms with E-state index in [0.717, 1.165) is 36.9 Å². The van der Waals surface area contributed by atoms with Gasteiger partial charge >= 0.3 is 5.97 Å². The van der Waals surface area contributed by atoms with Gasteiger partial charge < -0.3 is 14.4 Å². The fourth-order valence-corrected chi connectivity index (χ4v) is 3.15. The fourth-order valence-electron chi connectivity index (χ4n) is 3.15. The zero-order valence-corrected chi connectivity index (χ0v) is 16.5. The highest BCUT2D eigenvalue weighted by Crippen LogP contribution is 2.23. The molecule has 1 aromatic carbocycles. The maximum Gasteiger partial charge on any atom is 0.331 e. The normalized spacial score (nSPS) is 15.7. The summed E-state index contributed by atoms with van der Waals surface area (Å²) in [5.74, 6) is -0.132. The molecular weight excluding hydrogens is 358 g/mol. The molecule has 1 amide bonds. The van der Waals surface area contributed by atoms with Crippen LogP contribution in [0.5, 0.6) is 0 Å². The van der Waals surface area contributed by atoms with Gasteiger partial charge in [0, 0.05) is 38.1 Å². The smallest absolute Gasteiger partial charge is 0.331 e. The predicted octanol–water partition coefficient (Wildman–Crippen LogP) is 3.05. The van der Waals surface area contributed by atoms with Crippen LogP contribution in [0.1, 0.15) is 44.1 Å². The number of nitrogens with zero attached hydrogens (tertiary/aromatic N) is 1. The van der Waals surface area contributed by atoms with Crippen molar-refractivity contribution in [1.82, 2.24) is 4.90 Å². The summed E-state index contributed by atoms with van der Waals surface area (Å²) in [6, 6.07) is 9.69. The molecule has 0 spiro atoms. The van der Waals surface area contributed by atoms with E-state index in [2.05, 4.69) is 4.74 Å². The molecule has 0 aromatic heterocycles. The molecule has 1 saturated heterocycles. The van der Waals surface area contributed by atoms with Gasteiger partial charge in [0.05, 0.1) is 7.11 Å². The average Bonchev–Trinajstić information content (AvgIpc) is 2.70. The van der Waals surface area contributed by atoms with Crippen LogP contribution in [-0.2, 0) is 30.3 Å². The molecule has 1 fully saturated rings.